The Hall–Kier alpha value is -1.02. The minimum atomic E-state index is -0.348. The van der Waals surface area contributed by atoms with Crippen molar-refractivity contribution in [3.63, 3.8) is 0 Å². The Bertz CT molecular complexity index is 271. The quantitative estimate of drug-likeness (QED) is 0.780. The summed E-state index contributed by atoms with van der Waals surface area (Å²) in [5, 5.41) is 9.48. The molecule has 1 unspecified atom stereocenters. The maximum Gasteiger partial charge on any atom is 0.122 e. The lowest BCUT2D eigenvalue weighted by molar-refractivity contribution is 0.0990. The summed E-state index contributed by atoms with van der Waals surface area (Å²) in [5.74, 6) is 0.864. The zero-order valence-electron chi connectivity index (χ0n) is 8.86. The van der Waals surface area contributed by atoms with E-state index in [1.54, 1.807) is 0 Å². The van der Waals surface area contributed by atoms with Gasteiger partial charge in [-0.25, -0.2) is 0 Å². The van der Waals surface area contributed by atoms with Gasteiger partial charge in [0, 0.05) is 0 Å². The first-order valence-electron chi connectivity index (χ1n) is 5.10. The monoisotopic (exact) mass is 194 g/mol. The first-order chi connectivity index (χ1) is 6.74. The fraction of sp³-hybridized carbons (Fsp3) is 0.500. The van der Waals surface area contributed by atoms with Crippen LogP contribution in [0.25, 0.3) is 0 Å². The lowest BCUT2D eigenvalue weighted by atomic mass is 10.2. The lowest BCUT2D eigenvalue weighted by Gasteiger charge is -2.12. The van der Waals surface area contributed by atoms with Crippen molar-refractivity contribution in [3.8, 4) is 5.75 Å². The summed E-state index contributed by atoms with van der Waals surface area (Å²) in [6.07, 6.45) is 1.43. The Morgan fingerprint density at radius 3 is 2.71 bits per heavy atom. The number of hydrogen-bond acceptors (Lipinski definition) is 2. The van der Waals surface area contributed by atoms with Crippen LogP contribution in [0.2, 0.25) is 0 Å². The van der Waals surface area contributed by atoms with Gasteiger partial charge < -0.3 is 9.84 Å². The fourth-order valence-corrected chi connectivity index (χ4v) is 1.32. The Balaban J connectivity index is 2.41. The van der Waals surface area contributed by atoms with Crippen molar-refractivity contribution >= 4 is 0 Å². The van der Waals surface area contributed by atoms with E-state index in [2.05, 4.69) is 6.92 Å². The third-order valence-corrected chi connectivity index (χ3v) is 2.15. The Kier molecular flexibility index (Phi) is 4.47. The molecule has 1 atom stereocenters. The van der Waals surface area contributed by atoms with Gasteiger partial charge in [0.25, 0.3) is 0 Å². The Morgan fingerprint density at radius 2 is 2.07 bits per heavy atom. The van der Waals surface area contributed by atoms with E-state index in [1.807, 2.05) is 31.2 Å². The number of rotatable bonds is 5. The molecule has 0 aliphatic rings. The molecule has 0 bridgehead atoms. The average molecular weight is 194 g/mol. The molecule has 1 aromatic carbocycles. The van der Waals surface area contributed by atoms with Crippen LogP contribution in [-0.2, 0) is 0 Å². The molecule has 14 heavy (non-hydrogen) atoms. The third kappa shape index (κ3) is 3.38. The van der Waals surface area contributed by atoms with Crippen molar-refractivity contribution < 1.29 is 9.84 Å². The predicted molar refractivity (Wildman–Crippen MR) is 57.6 cm³/mol. The molecular weight excluding hydrogens is 176 g/mol. The van der Waals surface area contributed by atoms with Crippen LogP contribution in [0.3, 0.4) is 0 Å². The Morgan fingerprint density at radius 1 is 1.36 bits per heavy atom. The number of aliphatic hydroxyl groups excluding tert-OH is 1. The standard InChI is InChI=1S/C12H18O2/c1-3-6-11(13)9-14-12-8-5-4-7-10(12)2/h4-5,7-8,11,13H,3,6,9H2,1-2H3. The minimum Gasteiger partial charge on any atom is -0.491 e. The molecule has 0 aromatic heterocycles. The van der Waals surface area contributed by atoms with Crippen LogP contribution in [0.15, 0.2) is 24.3 Å². The first kappa shape index (κ1) is 11.1. The van der Waals surface area contributed by atoms with Gasteiger partial charge in [-0.3, -0.25) is 0 Å². The Labute approximate surface area is 85.5 Å². The highest BCUT2D eigenvalue weighted by molar-refractivity contribution is 5.31. The largest absolute Gasteiger partial charge is 0.491 e. The van der Waals surface area contributed by atoms with Crippen LogP contribution in [0.5, 0.6) is 5.75 Å². The summed E-state index contributed by atoms with van der Waals surface area (Å²) in [6, 6.07) is 7.84. The van der Waals surface area contributed by atoms with E-state index in [1.165, 1.54) is 0 Å². The molecule has 0 fully saturated rings. The van der Waals surface area contributed by atoms with Gasteiger partial charge in [0.15, 0.2) is 0 Å². The SMILES string of the molecule is CCCC(O)COc1ccccc1C. The molecular formula is C12H18O2. The van der Waals surface area contributed by atoms with E-state index in [4.69, 9.17) is 4.74 Å². The molecule has 0 amide bonds. The fourth-order valence-electron chi connectivity index (χ4n) is 1.32. The van der Waals surface area contributed by atoms with Gasteiger partial charge in [0.2, 0.25) is 0 Å². The third-order valence-electron chi connectivity index (χ3n) is 2.15. The smallest absolute Gasteiger partial charge is 0.122 e. The summed E-state index contributed by atoms with van der Waals surface area (Å²) >= 11 is 0. The van der Waals surface area contributed by atoms with Crippen LogP contribution in [0.4, 0.5) is 0 Å². The van der Waals surface area contributed by atoms with E-state index < -0.39 is 0 Å². The van der Waals surface area contributed by atoms with Crippen molar-refractivity contribution in [2.24, 2.45) is 0 Å². The summed E-state index contributed by atoms with van der Waals surface area (Å²) in [4.78, 5) is 0. The van der Waals surface area contributed by atoms with E-state index in [9.17, 15) is 5.11 Å². The van der Waals surface area contributed by atoms with E-state index >= 15 is 0 Å². The van der Waals surface area contributed by atoms with Crippen molar-refractivity contribution in [2.45, 2.75) is 32.8 Å². The van der Waals surface area contributed by atoms with Crippen molar-refractivity contribution in [3.05, 3.63) is 29.8 Å². The van der Waals surface area contributed by atoms with Crippen molar-refractivity contribution in [1.29, 1.82) is 0 Å². The number of aliphatic hydroxyl groups is 1. The lowest BCUT2D eigenvalue weighted by Crippen LogP contribution is -2.17. The first-order valence-corrected chi connectivity index (χ1v) is 5.10. The summed E-state index contributed by atoms with van der Waals surface area (Å²) in [5.41, 5.74) is 1.11. The molecule has 0 radical (unpaired) electrons. The highest BCUT2D eigenvalue weighted by Gasteiger charge is 2.04. The molecule has 2 nitrogen and oxygen atoms in total. The molecule has 1 aromatic rings. The number of para-hydroxylation sites is 1. The van der Waals surface area contributed by atoms with Crippen LogP contribution >= 0.6 is 0 Å². The summed E-state index contributed by atoms with van der Waals surface area (Å²) in [7, 11) is 0. The molecule has 1 N–H and O–H groups in total. The second-order valence-corrected chi connectivity index (χ2v) is 3.52. The van der Waals surface area contributed by atoms with Crippen LogP contribution in [-0.4, -0.2) is 17.8 Å². The summed E-state index contributed by atoms with van der Waals surface area (Å²) < 4.78 is 5.50. The van der Waals surface area contributed by atoms with Crippen LogP contribution in [0.1, 0.15) is 25.3 Å². The molecule has 0 aliphatic heterocycles. The zero-order chi connectivity index (χ0) is 10.4. The van der Waals surface area contributed by atoms with Gasteiger partial charge in [-0.2, -0.15) is 0 Å². The molecule has 1 rings (SSSR count). The maximum atomic E-state index is 9.48. The highest BCUT2D eigenvalue weighted by Crippen LogP contribution is 2.16. The molecule has 0 heterocycles. The minimum absolute atomic E-state index is 0.348. The molecule has 0 aliphatic carbocycles. The summed E-state index contributed by atoms with van der Waals surface area (Å²) in [6.45, 7) is 4.44. The zero-order valence-corrected chi connectivity index (χ0v) is 8.86. The molecule has 0 saturated heterocycles. The van der Waals surface area contributed by atoms with Crippen molar-refractivity contribution in [2.75, 3.05) is 6.61 Å². The normalized spacial score (nSPS) is 12.5. The molecule has 0 saturated carbocycles. The van der Waals surface area contributed by atoms with Crippen LogP contribution in [0, 0.1) is 6.92 Å². The molecule has 0 spiro atoms. The predicted octanol–water partition coefficient (Wildman–Crippen LogP) is 2.53. The van der Waals surface area contributed by atoms with Crippen LogP contribution < -0.4 is 4.74 Å². The van der Waals surface area contributed by atoms with Gasteiger partial charge in [-0.1, -0.05) is 31.5 Å². The molecule has 78 valence electrons. The van der Waals surface area contributed by atoms with Gasteiger partial charge in [0.1, 0.15) is 12.4 Å². The number of hydrogen-bond donors (Lipinski definition) is 1. The second kappa shape index (κ2) is 5.66. The van der Waals surface area contributed by atoms with Gasteiger partial charge in [-0.05, 0) is 25.0 Å². The van der Waals surface area contributed by atoms with Gasteiger partial charge >= 0.3 is 0 Å². The maximum absolute atomic E-state index is 9.48. The topological polar surface area (TPSA) is 29.5 Å². The number of benzene rings is 1. The number of aryl methyl sites for hydroxylation is 1. The van der Waals surface area contributed by atoms with Gasteiger partial charge in [-0.15, -0.1) is 0 Å². The average Bonchev–Trinajstić information content (AvgIpc) is 2.17. The van der Waals surface area contributed by atoms with Gasteiger partial charge in [0.05, 0.1) is 6.10 Å². The number of ether oxygens (including phenoxy) is 1. The van der Waals surface area contributed by atoms with Crippen molar-refractivity contribution in [1.82, 2.24) is 0 Å². The highest BCUT2D eigenvalue weighted by atomic mass is 16.5. The molecule has 2 heteroatoms. The van der Waals surface area contributed by atoms with E-state index in [0.29, 0.717) is 6.61 Å². The van der Waals surface area contributed by atoms with E-state index in [0.717, 1.165) is 24.2 Å². The second-order valence-electron chi connectivity index (χ2n) is 3.52. The van der Waals surface area contributed by atoms with E-state index in [-0.39, 0.29) is 6.10 Å².